The maximum absolute atomic E-state index is 12.1. The van der Waals surface area contributed by atoms with Crippen molar-refractivity contribution in [3.63, 3.8) is 0 Å². The van der Waals surface area contributed by atoms with Gasteiger partial charge in [0.2, 0.25) is 0 Å². The topological polar surface area (TPSA) is 63.2 Å². The van der Waals surface area contributed by atoms with Gasteiger partial charge in [-0.1, -0.05) is 20.8 Å². The predicted octanol–water partition coefficient (Wildman–Crippen LogP) is 2.94. The molecule has 1 rings (SSSR count). The van der Waals surface area contributed by atoms with E-state index in [4.69, 9.17) is 10.7 Å². The van der Waals surface area contributed by atoms with E-state index in [0.717, 1.165) is 0 Å². The first-order valence-electron chi connectivity index (χ1n) is 6.46. The van der Waals surface area contributed by atoms with Gasteiger partial charge >= 0.3 is 0 Å². The fraction of sp³-hybridized carbons (Fsp3) is 0.500. The van der Waals surface area contributed by atoms with Crippen molar-refractivity contribution in [2.24, 2.45) is 11.8 Å². The number of amides is 1. The summed E-state index contributed by atoms with van der Waals surface area (Å²) in [5.41, 5.74) is 0.981. The van der Waals surface area contributed by atoms with Gasteiger partial charge < -0.3 is 5.32 Å². The molecular formula is C14H20ClNO3S. The Balaban J connectivity index is 2.92. The van der Waals surface area contributed by atoms with Crippen LogP contribution in [-0.2, 0) is 9.05 Å². The predicted molar refractivity (Wildman–Crippen MR) is 80.6 cm³/mol. The Morgan fingerprint density at radius 1 is 1.25 bits per heavy atom. The molecule has 0 saturated carbocycles. The Morgan fingerprint density at radius 3 is 2.35 bits per heavy atom. The quantitative estimate of drug-likeness (QED) is 0.849. The summed E-state index contributed by atoms with van der Waals surface area (Å²) >= 11 is 0. The second-order valence-electron chi connectivity index (χ2n) is 5.40. The summed E-state index contributed by atoms with van der Waals surface area (Å²) in [5.74, 6) is 0.523. The van der Waals surface area contributed by atoms with Crippen LogP contribution in [0.15, 0.2) is 23.1 Å². The van der Waals surface area contributed by atoms with Crippen LogP contribution in [0.25, 0.3) is 0 Å². The Bertz CT molecular complexity index is 596. The molecule has 0 aliphatic carbocycles. The maximum Gasteiger partial charge on any atom is 0.261 e. The number of rotatable bonds is 5. The summed E-state index contributed by atoms with van der Waals surface area (Å²) in [7, 11) is 1.48. The first kappa shape index (κ1) is 17.0. The molecule has 6 heteroatoms. The molecule has 112 valence electrons. The van der Waals surface area contributed by atoms with Gasteiger partial charge in [-0.25, -0.2) is 8.42 Å². The molecule has 0 radical (unpaired) electrons. The fourth-order valence-corrected chi connectivity index (χ4v) is 2.47. The molecule has 0 saturated heterocycles. The number of hydrogen-bond donors (Lipinski definition) is 1. The van der Waals surface area contributed by atoms with E-state index in [1.807, 2.05) is 0 Å². The molecule has 4 nitrogen and oxygen atoms in total. The number of halogens is 1. The standard InChI is InChI=1S/C14H20ClNO3S/c1-9(2)11(4)8-16-14(17)12-5-10(3)6-13(7-12)20(15,18)19/h5-7,9,11H,8H2,1-4H3,(H,16,17). The van der Waals surface area contributed by atoms with E-state index in [2.05, 4.69) is 26.1 Å². The second-order valence-corrected chi connectivity index (χ2v) is 7.97. The van der Waals surface area contributed by atoms with Crippen molar-refractivity contribution in [1.82, 2.24) is 5.32 Å². The average Bonchev–Trinajstić information content (AvgIpc) is 2.33. The highest BCUT2D eigenvalue weighted by Crippen LogP contribution is 2.19. The number of carbonyl (C=O) groups excluding carboxylic acids is 1. The molecule has 0 aliphatic heterocycles. The molecule has 20 heavy (non-hydrogen) atoms. The lowest BCUT2D eigenvalue weighted by molar-refractivity contribution is 0.0944. The van der Waals surface area contributed by atoms with E-state index in [-0.39, 0.29) is 10.8 Å². The molecule has 1 atom stereocenters. The zero-order valence-electron chi connectivity index (χ0n) is 12.1. The van der Waals surface area contributed by atoms with Crippen molar-refractivity contribution in [3.8, 4) is 0 Å². The Morgan fingerprint density at radius 2 is 1.85 bits per heavy atom. The van der Waals surface area contributed by atoms with Gasteiger partial charge in [0.1, 0.15) is 0 Å². The van der Waals surface area contributed by atoms with Crippen LogP contribution < -0.4 is 5.32 Å². The Kier molecular flexibility index (Phi) is 5.59. The van der Waals surface area contributed by atoms with Crippen LogP contribution in [0.4, 0.5) is 0 Å². The summed E-state index contributed by atoms with van der Waals surface area (Å²) < 4.78 is 22.7. The lowest BCUT2D eigenvalue weighted by Gasteiger charge is -2.16. The zero-order chi connectivity index (χ0) is 15.5. The third kappa shape index (κ3) is 4.80. The maximum atomic E-state index is 12.1. The molecule has 1 aromatic rings. The molecule has 1 N–H and O–H groups in total. The van der Waals surface area contributed by atoms with Crippen LogP contribution in [0.3, 0.4) is 0 Å². The van der Waals surface area contributed by atoms with Gasteiger partial charge in [0, 0.05) is 22.8 Å². The third-order valence-corrected chi connectivity index (χ3v) is 4.65. The van der Waals surface area contributed by atoms with Crippen molar-refractivity contribution < 1.29 is 13.2 Å². The number of hydrogen-bond acceptors (Lipinski definition) is 3. The Hall–Kier alpha value is -1.07. The number of benzene rings is 1. The van der Waals surface area contributed by atoms with Crippen molar-refractivity contribution >= 4 is 25.6 Å². The smallest absolute Gasteiger partial charge is 0.261 e. The summed E-state index contributed by atoms with van der Waals surface area (Å²) in [5, 5.41) is 2.81. The van der Waals surface area contributed by atoms with E-state index in [0.29, 0.717) is 29.5 Å². The lowest BCUT2D eigenvalue weighted by Crippen LogP contribution is -2.30. The molecule has 1 unspecified atom stereocenters. The third-order valence-electron chi connectivity index (χ3n) is 3.32. The van der Waals surface area contributed by atoms with E-state index < -0.39 is 9.05 Å². The van der Waals surface area contributed by atoms with E-state index in [1.54, 1.807) is 13.0 Å². The minimum Gasteiger partial charge on any atom is -0.352 e. The van der Waals surface area contributed by atoms with Gasteiger partial charge in [-0.2, -0.15) is 0 Å². The monoisotopic (exact) mass is 317 g/mol. The normalized spacial score (nSPS) is 13.3. The van der Waals surface area contributed by atoms with E-state index >= 15 is 0 Å². The molecule has 0 bridgehead atoms. The summed E-state index contributed by atoms with van der Waals surface area (Å²) in [6.07, 6.45) is 0. The highest BCUT2D eigenvalue weighted by molar-refractivity contribution is 8.13. The van der Waals surface area contributed by atoms with Gasteiger partial charge in [-0.3, -0.25) is 4.79 Å². The molecule has 0 aliphatic rings. The van der Waals surface area contributed by atoms with Crippen molar-refractivity contribution in [2.75, 3.05) is 6.54 Å². The minimum absolute atomic E-state index is 0.0544. The summed E-state index contributed by atoms with van der Waals surface area (Å²) in [4.78, 5) is 12.0. The number of aryl methyl sites for hydroxylation is 1. The first-order valence-corrected chi connectivity index (χ1v) is 8.76. The van der Waals surface area contributed by atoms with Crippen LogP contribution in [0.5, 0.6) is 0 Å². The Labute approximate surface area is 124 Å². The van der Waals surface area contributed by atoms with Crippen molar-refractivity contribution in [2.45, 2.75) is 32.6 Å². The molecule has 0 fully saturated rings. The number of carbonyl (C=O) groups is 1. The average molecular weight is 318 g/mol. The van der Waals surface area contributed by atoms with E-state index in [9.17, 15) is 13.2 Å². The van der Waals surface area contributed by atoms with Gasteiger partial charge in [0.15, 0.2) is 0 Å². The zero-order valence-corrected chi connectivity index (χ0v) is 13.7. The molecule has 0 spiro atoms. The molecule has 0 heterocycles. The van der Waals surface area contributed by atoms with Crippen LogP contribution in [-0.4, -0.2) is 20.9 Å². The minimum atomic E-state index is -3.83. The van der Waals surface area contributed by atoms with Gasteiger partial charge in [0.05, 0.1) is 4.90 Å². The van der Waals surface area contributed by atoms with Crippen LogP contribution in [0.1, 0.15) is 36.7 Å². The SMILES string of the molecule is Cc1cc(C(=O)NCC(C)C(C)C)cc(S(=O)(=O)Cl)c1. The molecule has 1 amide bonds. The summed E-state index contributed by atoms with van der Waals surface area (Å²) in [6, 6.07) is 4.38. The van der Waals surface area contributed by atoms with Gasteiger partial charge in [-0.05, 0) is 42.5 Å². The second kappa shape index (κ2) is 6.59. The summed E-state index contributed by atoms with van der Waals surface area (Å²) in [6.45, 7) is 8.49. The fourth-order valence-electron chi connectivity index (χ4n) is 1.61. The van der Waals surface area contributed by atoms with Gasteiger partial charge in [0.25, 0.3) is 15.0 Å². The first-order chi connectivity index (χ1) is 9.11. The van der Waals surface area contributed by atoms with Crippen molar-refractivity contribution in [1.29, 1.82) is 0 Å². The van der Waals surface area contributed by atoms with Crippen LogP contribution in [0, 0.1) is 18.8 Å². The highest BCUT2D eigenvalue weighted by Gasteiger charge is 2.16. The van der Waals surface area contributed by atoms with Crippen molar-refractivity contribution in [3.05, 3.63) is 29.3 Å². The molecule has 1 aromatic carbocycles. The van der Waals surface area contributed by atoms with Crippen LogP contribution in [0.2, 0.25) is 0 Å². The lowest BCUT2D eigenvalue weighted by atomic mass is 9.98. The number of nitrogens with one attached hydrogen (secondary N) is 1. The van der Waals surface area contributed by atoms with Gasteiger partial charge in [-0.15, -0.1) is 0 Å². The van der Waals surface area contributed by atoms with Crippen LogP contribution >= 0.6 is 10.7 Å². The largest absolute Gasteiger partial charge is 0.352 e. The highest BCUT2D eigenvalue weighted by atomic mass is 35.7. The molecule has 0 aromatic heterocycles. The molecular weight excluding hydrogens is 298 g/mol. The van der Waals surface area contributed by atoms with E-state index in [1.165, 1.54) is 12.1 Å².